The third kappa shape index (κ3) is 1.56. The van der Waals surface area contributed by atoms with Gasteiger partial charge in [-0.3, -0.25) is 0 Å². The van der Waals surface area contributed by atoms with E-state index in [9.17, 15) is 0 Å². The molecule has 0 bridgehead atoms. The number of para-hydroxylation sites is 2. The van der Waals surface area contributed by atoms with Gasteiger partial charge >= 0.3 is 0 Å². The molecule has 0 aliphatic carbocycles. The third-order valence-corrected chi connectivity index (χ3v) is 2.69. The molecule has 0 fully saturated rings. The van der Waals surface area contributed by atoms with Crippen LogP contribution in [0.2, 0.25) is 0 Å². The number of hydrogen-bond acceptors (Lipinski definition) is 2. The first-order chi connectivity index (χ1) is 8.38. The SMILES string of the molecule is N#Cc1ccccc1-c1nc2ccccc2[nH]1. The molecule has 1 heterocycles. The lowest BCUT2D eigenvalue weighted by Crippen LogP contribution is -1.85. The van der Waals surface area contributed by atoms with Crippen LogP contribution < -0.4 is 0 Å². The summed E-state index contributed by atoms with van der Waals surface area (Å²) in [4.78, 5) is 7.71. The zero-order valence-corrected chi connectivity index (χ0v) is 9.01. The second-order valence-electron chi connectivity index (χ2n) is 3.76. The molecule has 3 heteroatoms. The Balaban J connectivity index is 2.25. The molecule has 3 aromatic rings. The first-order valence-corrected chi connectivity index (χ1v) is 5.33. The highest BCUT2D eigenvalue weighted by Gasteiger charge is 2.08. The summed E-state index contributed by atoms with van der Waals surface area (Å²) in [5, 5.41) is 9.06. The number of aromatic amines is 1. The van der Waals surface area contributed by atoms with Crippen molar-refractivity contribution in [2.75, 3.05) is 0 Å². The maximum Gasteiger partial charge on any atom is 0.139 e. The number of imidazole rings is 1. The number of nitrogens with zero attached hydrogens (tertiary/aromatic N) is 2. The Morgan fingerprint density at radius 3 is 2.59 bits per heavy atom. The summed E-state index contributed by atoms with van der Waals surface area (Å²) in [5.74, 6) is 0.739. The molecule has 0 aliphatic heterocycles. The van der Waals surface area contributed by atoms with Gasteiger partial charge in [0.15, 0.2) is 0 Å². The summed E-state index contributed by atoms with van der Waals surface area (Å²) in [6.07, 6.45) is 0. The summed E-state index contributed by atoms with van der Waals surface area (Å²) >= 11 is 0. The van der Waals surface area contributed by atoms with Crippen LogP contribution in [0.15, 0.2) is 48.5 Å². The Kier molecular flexibility index (Phi) is 2.13. The van der Waals surface area contributed by atoms with Gasteiger partial charge in [0.2, 0.25) is 0 Å². The number of aromatic nitrogens is 2. The minimum absolute atomic E-state index is 0.631. The fraction of sp³-hybridized carbons (Fsp3) is 0. The smallest absolute Gasteiger partial charge is 0.139 e. The molecule has 3 rings (SSSR count). The van der Waals surface area contributed by atoms with Gasteiger partial charge in [0.05, 0.1) is 22.7 Å². The van der Waals surface area contributed by atoms with E-state index in [2.05, 4.69) is 16.0 Å². The van der Waals surface area contributed by atoms with Crippen molar-refractivity contribution in [1.29, 1.82) is 5.26 Å². The van der Waals surface area contributed by atoms with E-state index in [1.54, 1.807) is 6.07 Å². The average Bonchev–Trinajstić information content (AvgIpc) is 2.82. The predicted octanol–water partition coefficient (Wildman–Crippen LogP) is 3.10. The largest absolute Gasteiger partial charge is 0.338 e. The van der Waals surface area contributed by atoms with E-state index in [0.29, 0.717) is 5.56 Å². The molecule has 1 N–H and O–H groups in total. The van der Waals surface area contributed by atoms with Gasteiger partial charge in [-0.25, -0.2) is 4.98 Å². The van der Waals surface area contributed by atoms with Crippen molar-refractivity contribution < 1.29 is 0 Å². The highest BCUT2D eigenvalue weighted by atomic mass is 14.9. The van der Waals surface area contributed by atoms with Crippen molar-refractivity contribution in [2.24, 2.45) is 0 Å². The van der Waals surface area contributed by atoms with Crippen LogP contribution in [-0.2, 0) is 0 Å². The van der Waals surface area contributed by atoms with Crippen LogP contribution >= 0.6 is 0 Å². The third-order valence-electron chi connectivity index (χ3n) is 2.69. The van der Waals surface area contributed by atoms with Gasteiger partial charge in [-0.05, 0) is 24.3 Å². The standard InChI is InChI=1S/C14H9N3/c15-9-10-5-1-2-6-11(10)14-16-12-7-3-4-8-13(12)17-14/h1-8H,(H,16,17). The monoisotopic (exact) mass is 219 g/mol. The Morgan fingerprint density at radius 2 is 1.76 bits per heavy atom. The fourth-order valence-corrected chi connectivity index (χ4v) is 1.87. The Hall–Kier alpha value is -2.60. The molecule has 0 unspecified atom stereocenters. The number of nitriles is 1. The maximum absolute atomic E-state index is 9.06. The van der Waals surface area contributed by atoms with Crippen molar-refractivity contribution in [2.45, 2.75) is 0 Å². The molecule has 80 valence electrons. The average molecular weight is 219 g/mol. The number of nitrogens with one attached hydrogen (secondary N) is 1. The lowest BCUT2D eigenvalue weighted by Gasteiger charge is -1.98. The summed E-state index contributed by atoms with van der Waals surface area (Å²) in [7, 11) is 0. The first kappa shape index (κ1) is 9.61. The van der Waals surface area contributed by atoms with E-state index >= 15 is 0 Å². The van der Waals surface area contributed by atoms with Crippen LogP contribution in [0.5, 0.6) is 0 Å². The van der Waals surface area contributed by atoms with Crippen molar-refractivity contribution in [3.63, 3.8) is 0 Å². The van der Waals surface area contributed by atoms with Gasteiger partial charge in [0, 0.05) is 5.56 Å². The first-order valence-electron chi connectivity index (χ1n) is 5.33. The van der Waals surface area contributed by atoms with Crippen molar-refractivity contribution in [3.8, 4) is 17.5 Å². The molecule has 0 atom stereocenters. The molecule has 0 saturated carbocycles. The number of H-pyrrole nitrogens is 1. The highest BCUT2D eigenvalue weighted by molar-refractivity contribution is 5.80. The molecule has 2 aromatic carbocycles. The number of fused-ring (bicyclic) bond motifs is 1. The lowest BCUT2D eigenvalue weighted by atomic mass is 10.1. The van der Waals surface area contributed by atoms with E-state index < -0.39 is 0 Å². The minimum Gasteiger partial charge on any atom is -0.338 e. The van der Waals surface area contributed by atoms with Crippen LogP contribution in [0.3, 0.4) is 0 Å². The fourth-order valence-electron chi connectivity index (χ4n) is 1.87. The number of hydrogen-bond donors (Lipinski definition) is 1. The van der Waals surface area contributed by atoms with Crippen LogP contribution in [-0.4, -0.2) is 9.97 Å². The predicted molar refractivity (Wildman–Crippen MR) is 66.2 cm³/mol. The van der Waals surface area contributed by atoms with Gasteiger partial charge in [-0.15, -0.1) is 0 Å². The zero-order chi connectivity index (χ0) is 11.7. The van der Waals surface area contributed by atoms with Crippen molar-refractivity contribution >= 4 is 11.0 Å². The molecule has 0 spiro atoms. The van der Waals surface area contributed by atoms with Crippen molar-refractivity contribution in [1.82, 2.24) is 9.97 Å². The van der Waals surface area contributed by atoms with Gasteiger partial charge in [0.1, 0.15) is 5.82 Å². The summed E-state index contributed by atoms with van der Waals surface area (Å²) in [5.41, 5.74) is 3.36. The Labute approximate surface area is 98.4 Å². The Morgan fingerprint density at radius 1 is 1.00 bits per heavy atom. The van der Waals surface area contributed by atoms with Crippen LogP contribution in [0.25, 0.3) is 22.4 Å². The molecule has 0 amide bonds. The summed E-state index contributed by atoms with van der Waals surface area (Å²) < 4.78 is 0. The second kappa shape index (κ2) is 3.76. The minimum atomic E-state index is 0.631. The molecule has 3 nitrogen and oxygen atoms in total. The van der Waals surface area contributed by atoms with Gasteiger partial charge in [-0.1, -0.05) is 24.3 Å². The van der Waals surface area contributed by atoms with Gasteiger partial charge < -0.3 is 4.98 Å². The molecular formula is C14H9N3. The molecule has 0 radical (unpaired) electrons. The second-order valence-corrected chi connectivity index (χ2v) is 3.76. The van der Waals surface area contributed by atoms with E-state index in [-0.39, 0.29) is 0 Å². The molecule has 0 saturated heterocycles. The molecule has 17 heavy (non-hydrogen) atoms. The highest BCUT2D eigenvalue weighted by Crippen LogP contribution is 2.22. The Bertz CT molecular complexity index is 686. The normalized spacial score (nSPS) is 10.3. The molecular weight excluding hydrogens is 210 g/mol. The topological polar surface area (TPSA) is 52.5 Å². The van der Waals surface area contributed by atoms with Crippen LogP contribution in [0.1, 0.15) is 5.56 Å². The quantitative estimate of drug-likeness (QED) is 0.683. The maximum atomic E-state index is 9.06. The zero-order valence-electron chi connectivity index (χ0n) is 9.01. The van der Waals surface area contributed by atoms with Crippen molar-refractivity contribution in [3.05, 3.63) is 54.1 Å². The summed E-state index contributed by atoms with van der Waals surface area (Å²) in [6, 6.07) is 17.5. The molecule has 0 aliphatic rings. The number of benzene rings is 2. The van der Waals surface area contributed by atoms with Crippen LogP contribution in [0.4, 0.5) is 0 Å². The van der Waals surface area contributed by atoms with E-state index in [1.165, 1.54) is 0 Å². The van der Waals surface area contributed by atoms with E-state index in [0.717, 1.165) is 22.4 Å². The van der Waals surface area contributed by atoms with E-state index in [1.807, 2.05) is 42.5 Å². The molecule has 1 aromatic heterocycles. The summed E-state index contributed by atoms with van der Waals surface area (Å²) in [6.45, 7) is 0. The van der Waals surface area contributed by atoms with Gasteiger partial charge in [0.25, 0.3) is 0 Å². The van der Waals surface area contributed by atoms with Crippen LogP contribution in [0, 0.1) is 11.3 Å². The number of rotatable bonds is 1. The van der Waals surface area contributed by atoms with Gasteiger partial charge in [-0.2, -0.15) is 5.26 Å². The van der Waals surface area contributed by atoms with E-state index in [4.69, 9.17) is 5.26 Å². The lowest BCUT2D eigenvalue weighted by molar-refractivity contribution is 1.32.